The quantitative estimate of drug-likeness (QED) is 0.880. The van der Waals surface area contributed by atoms with Gasteiger partial charge in [0.25, 0.3) is 0 Å². The number of rotatable bonds is 3. The van der Waals surface area contributed by atoms with Gasteiger partial charge in [-0.05, 0) is 32.2 Å². The molecular weight excluding hydrogens is 218 g/mol. The summed E-state index contributed by atoms with van der Waals surface area (Å²) < 4.78 is 0. The maximum Gasteiger partial charge on any atom is 0.185 e. The first-order chi connectivity index (χ1) is 7.72. The Hall–Kier alpha value is -0.610. The predicted octanol–water partition coefficient (Wildman–Crippen LogP) is 2.41. The molecule has 1 aliphatic rings. The van der Waals surface area contributed by atoms with Gasteiger partial charge in [0.15, 0.2) is 5.13 Å². The molecule has 0 aliphatic heterocycles. The molecule has 0 radical (unpaired) electrons. The smallest absolute Gasteiger partial charge is 0.185 e. The summed E-state index contributed by atoms with van der Waals surface area (Å²) in [5.74, 6) is 0.642. The maximum atomic E-state index is 5.87. The van der Waals surface area contributed by atoms with E-state index < -0.39 is 0 Å². The summed E-state index contributed by atoms with van der Waals surface area (Å²) in [4.78, 5) is 6.90. The van der Waals surface area contributed by atoms with Crippen LogP contribution in [0.2, 0.25) is 0 Å². The average molecular weight is 239 g/mol. The van der Waals surface area contributed by atoms with Gasteiger partial charge in [-0.1, -0.05) is 12.8 Å². The van der Waals surface area contributed by atoms with E-state index in [-0.39, 0.29) is 0 Å². The van der Waals surface area contributed by atoms with Crippen LogP contribution < -0.4 is 10.6 Å². The molecule has 2 atom stereocenters. The van der Waals surface area contributed by atoms with Crippen LogP contribution in [0.15, 0.2) is 5.38 Å². The Bertz CT molecular complexity index is 337. The Morgan fingerprint density at radius 1 is 1.50 bits per heavy atom. The summed E-state index contributed by atoms with van der Waals surface area (Å²) in [6.07, 6.45) is 5.20. The van der Waals surface area contributed by atoms with Gasteiger partial charge in [0.05, 0.1) is 5.69 Å². The third kappa shape index (κ3) is 2.38. The minimum atomic E-state index is 0.587. The Morgan fingerprint density at radius 3 is 2.88 bits per heavy atom. The van der Waals surface area contributed by atoms with E-state index in [1.54, 1.807) is 11.3 Å². The molecule has 1 saturated carbocycles. The van der Waals surface area contributed by atoms with Crippen LogP contribution in [-0.2, 0) is 0 Å². The number of aryl methyl sites for hydroxylation is 1. The number of hydrogen-bond acceptors (Lipinski definition) is 4. The molecule has 2 N–H and O–H groups in total. The SMILES string of the molecule is Cc1csc(N(C)C2CCCCC2CN)n1. The zero-order valence-corrected chi connectivity index (χ0v) is 11.0. The third-order valence-corrected chi connectivity index (χ3v) is 4.63. The van der Waals surface area contributed by atoms with Crippen LogP contribution in [0.3, 0.4) is 0 Å². The molecule has 1 heterocycles. The highest BCUT2D eigenvalue weighted by Crippen LogP contribution is 2.31. The molecule has 0 aromatic carbocycles. The monoisotopic (exact) mass is 239 g/mol. The Balaban J connectivity index is 2.10. The first-order valence-electron chi connectivity index (χ1n) is 6.07. The average Bonchev–Trinajstić information content (AvgIpc) is 2.75. The molecule has 2 unspecified atom stereocenters. The predicted molar refractivity (Wildman–Crippen MR) is 70.1 cm³/mol. The van der Waals surface area contributed by atoms with Gasteiger partial charge < -0.3 is 10.6 Å². The second-order valence-electron chi connectivity index (χ2n) is 4.73. The lowest BCUT2D eigenvalue weighted by Crippen LogP contribution is -2.43. The minimum Gasteiger partial charge on any atom is -0.348 e. The third-order valence-electron chi connectivity index (χ3n) is 3.58. The number of hydrogen-bond donors (Lipinski definition) is 1. The molecule has 0 amide bonds. The Morgan fingerprint density at radius 2 is 2.25 bits per heavy atom. The second kappa shape index (κ2) is 5.15. The van der Waals surface area contributed by atoms with E-state index in [1.807, 2.05) is 0 Å². The standard InChI is InChI=1S/C12H21N3S/c1-9-8-16-12(14-9)15(2)11-6-4-3-5-10(11)7-13/h8,10-11H,3-7,13H2,1-2H3. The van der Waals surface area contributed by atoms with Gasteiger partial charge in [-0.3, -0.25) is 0 Å². The van der Waals surface area contributed by atoms with Crippen molar-refractivity contribution in [1.29, 1.82) is 0 Å². The van der Waals surface area contributed by atoms with Gasteiger partial charge in [-0.25, -0.2) is 4.98 Å². The zero-order chi connectivity index (χ0) is 11.5. The largest absolute Gasteiger partial charge is 0.348 e. The summed E-state index contributed by atoms with van der Waals surface area (Å²) in [5, 5.41) is 3.26. The molecule has 1 aromatic heterocycles. The van der Waals surface area contributed by atoms with E-state index in [0.717, 1.165) is 17.4 Å². The molecule has 4 heteroatoms. The van der Waals surface area contributed by atoms with Crippen molar-refractivity contribution in [3.63, 3.8) is 0 Å². The van der Waals surface area contributed by atoms with Crippen molar-refractivity contribution in [1.82, 2.24) is 4.98 Å². The van der Waals surface area contributed by atoms with Gasteiger partial charge in [-0.2, -0.15) is 0 Å². The molecule has 1 fully saturated rings. The summed E-state index contributed by atoms with van der Waals surface area (Å²) in [6.45, 7) is 2.86. The van der Waals surface area contributed by atoms with Crippen molar-refractivity contribution < 1.29 is 0 Å². The van der Waals surface area contributed by atoms with E-state index in [1.165, 1.54) is 25.7 Å². The Kier molecular flexibility index (Phi) is 3.82. The molecule has 0 saturated heterocycles. The number of thiazole rings is 1. The first kappa shape index (κ1) is 11.9. The summed E-state index contributed by atoms with van der Waals surface area (Å²) >= 11 is 1.74. The van der Waals surface area contributed by atoms with E-state index >= 15 is 0 Å². The topological polar surface area (TPSA) is 42.1 Å². The lowest BCUT2D eigenvalue weighted by Gasteiger charge is -2.37. The van der Waals surface area contributed by atoms with Crippen LogP contribution >= 0.6 is 11.3 Å². The molecule has 90 valence electrons. The van der Waals surface area contributed by atoms with Gasteiger partial charge in [0, 0.05) is 18.5 Å². The molecule has 1 aromatic rings. The van der Waals surface area contributed by atoms with Gasteiger partial charge >= 0.3 is 0 Å². The number of aromatic nitrogens is 1. The molecule has 0 spiro atoms. The lowest BCUT2D eigenvalue weighted by molar-refractivity contribution is 0.306. The highest BCUT2D eigenvalue weighted by molar-refractivity contribution is 7.13. The van der Waals surface area contributed by atoms with Crippen LogP contribution in [0.4, 0.5) is 5.13 Å². The highest BCUT2D eigenvalue weighted by atomic mass is 32.1. The summed E-state index contributed by atoms with van der Waals surface area (Å²) in [7, 11) is 2.16. The normalized spacial score (nSPS) is 25.7. The minimum absolute atomic E-state index is 0.587. The van der Waals surface area contributed by atoms with Crippen LogP contribution in [0.25, 0.3) is 0 Å². The van der Waals surface area contributed by atoms with Crippen LogP contribution in [0, 0.1) is 12.8 Å². The lowest BCUT2D eigenvalue weighted by atomic mass is 9.84. The Labute approximate surface area is 102 Å². The van der Waals surface area contributed by atoms with Crippen molar-refractivity contribution in [3.05, 3.63) is 11.1 Å². The molecule has 3 nitrogen and oxygen atoms in total. The molecular formula is C12H21N3S. The zero-order valence-electron chi connectivity index (χ0n) is 10.1. The van der Waals surface area contributed by atoms with Crippen LogP contribution in [0.1, 0.15) is 31.4 Å². The van der Waals surface area contributed by atoms with Crippen LogP contribution in [-0.4, -0.2) is 24.6 Å². The molecule has 2 rings (SSSR count). The van der Waals surface area contributed by atoms with E-state index in [9.17, 15) is 0 Å². The van der Waals surface area contributed by atoms with E-state index in [2.05, 4.69) is 29.2 Å². The fourth-order valence-electron chi connectivity index (χ4n) is 2.62. The van der Waals surface area contributed by atoms with Crippen molar-refractivity contribution in [2.45, 2.75) is 38.6 Å². The molecule has 0 bridgehead atoms. The second-order valence-corrected chi connectivity index (χ2v) is 5.57. The van der Waals surface area contributed by atoms with Gasteiger partial charge in [0.1, 0.15) is 0 Å². The van der Waals surface area contributed by atoms with E-state index in [0.29, 0.717) is 12.0 Å². The van der Waals surface area contributed by atoms with E-state index in [4.69, 9.17) is 5.73 Å². The van der Waals surface area contributed by atoms with Gasteiger partial charge in [0.2, 0.25) is 0 Å². The van der Waals surface area contributed by atoms with Crippen molar-refractivity contribution in [3.8, 4) is 0 Å². The van der Waals surface area contributed by atoms with Crippen LogP contribution in [0.5, 0.6) is 0 Å². The number of nitrogens with zero attached hydrogens (tertiary/aromatic N) is 2. The molecule has 1 aliphatic carbocycles. The van der Waals surface area contributed by atoms with Crippen molar-refractivity contribution in [2.75, 3.05) is 18.5 Å². The molecule has 16 heavy (non-hydrogen) atoms. The fraction of sp³-hybridized carbons (Fsp3) is 0.750. The number of anilines is 1. The van der Waals surface area contributed by atoms with Crippen molar-refractivity contribution in [2.24, 2.45) is 11.7 Å². The highest BCUT2D eigenvalue weighted by Gasteiger charge is 2.28. The maximum absolute atomic E-state index is 5.87. The number of nitrogens with two attached hydrogens (primary N) is 1. The van der Waals surface area contributed by atoms with Gasteiger partial charge in [-0.15, -0.1) is 11.3 Å². The first-order valence-corrected chi connectivity index (χ1v) is 6.95. The fourth-order valence-corrected chi connectivity index (χ4v) is 3.45. The van der Waals surface area contributed by atoms with Crippen molar-refractivity contribution >= 4 is 16.5 Å². The summed E-state index contributed by atoms with van der Waals surface area (Å²) in [5.41, 5.74) is 6.99. The summed E-state index contributed by atoms with van der Waals surface area (Å²) in [6, 6.07) is 0.587.